The molecule has 28 heavy (non-hydrogen) atoms. The van der Waals surface area contributed by atoms with Gasteiger partial charge in [-0.1, -0.05) is 23.1 Å². The molecular weight excluding hydrogens is 400 g/mol. The minimum atomic E-state index is -0.165. The minimum absolute atomic E-state index is 0.165. The van der Waals surface area contributed by atoms with Gasteiger partial charge in [0.2, 0.25) is 16.9 Å². The number of aromatic nitrogens is 7. The average molecular weight is 423 g/mol. The molecule has 12 heteroatoms. The monoisotopic (exact) mass is 422 g/mol. The van der Waals surface area contributed by atoms with Crippen LogP contribution in [0, 0.1) is 6.92 Å². The second kappa shape index (κ2) is 9.15. The number of carbonyl (C=O) groups is 1. The summed E-state index contributed by atoms with van der Waals surface area (Å²) in [7, 11) is 0. The summed E-state index contributed by atoms with van der Waals surface area (Å²) in [6, 6.07) is 0. The van der Waals surface area contributed by atoms with Crippen molar-refractivity contribution in [2.45, 2.75) is 45.9 Å². The van der Waals surface area contributed by atoms with E-state index in [1.807, 2.05) is 38.5 Å². The molecule has 0 saturated heterocycles. The van der Waals surface area contributed by atoms with E-state index in [0.717, 1.165) is 17.1 Å². The Morgan fingerprint density at radius 2 is 2.04 bits per heavy atom. The molecule has 3 heterocycles. The third kappa shape index (κ3) is 4.50. The quantitative estimate of drug-likeness (QED) is 0.523. The summed E-state index contributed by atoms with van der Waals surface area (Å²) in [5, 5.41) is 25.5. The van der Waals surface area contributed by atoms with Crippen molar-refractivity contribution in [3.8, 4) is 17.3 Å². The second-order valence-corrected chi connectivity index (χ2v) is 7.77. The van der Waals surface area contributed by atoms with Gasteiger partial charge in [-0.2, -0.15) is 0 Å². The molecule has 1 N–H and O–H groups in total. The Kier molecular flexibility index (Phi) is 6.62. The minimum Gasteiger partial charge on any atom is -0.476 e. The summed E-state index contributed by atoms with van der Waals surface area (Å²) >= 11 is 2.66. The van der Waals surface area contributed by atoms with E-state index >= 15 is 0 Å². The molecule has 10 nitrogen and oxygen atoms in total. The number of thioether (sulfide) groups is 1. The van der Waals surface area contributed by atoms with E-state index < -0.39 is 0 Å². The summed E-state index contributed by atoms with van der Waals surface area (Å²) in [5.41, 5.74) is 0.790. The molecule has 0 aliphatic rings. The van der Waals surface area contributed by atoms with Gasteiger partial charge in [-0.05, 0) is 27.7 Å². The molecule has 1 amide bonds. The SMILES string of the molecule is CCOc1nn(CC)cc1-c1nnc(SCC(=O)Nc2nnc(C)s2)n1CC. The number of nitrogens with zero attached hydrogens (tertiary/aromatic N) is 7. The van der Waals surface area contributed by atoms with E-state index in [1.165, 1.54) is 23.1 Å². The first-order chi connectivity index (χ1) is 13.5. The molecule has 0 radical (unpaired) electrons. The molecule has 0 bridgehead atoms. The highest BCUT2D eigenvalue weighted by molar-refractivity contribution is 7.99. The lowest BCUT2D eigenvalue weighted by Gasteiger charge is -2.07. The number of ether oxygens (including phenoxy) is 1. The van der Waals surface area contributed by atoms with E-state index in [2.05, 4.69) is 30.8 Å². The van der Waals surface area contributed by atoms with Crippen molar-refractivity contribution in [2.75, 3.05) is 17.7 Å². The van der Waals surface area contributed by atoms with Gasteiger partial charge in [0.25, 0.3) is 0 Å². The molecule has 0 spiro atoms. The Bertz CT molecular complexity index is 948. The van der Waals surface area contributed by atoms with Crippen LogP contribution in [0.1, 0.15) is 25.8 Å². The van der Waals surface area contributed by atoms with E-state index in [-0.39, 0.29) is 11.7 Å². The summed E-state index contributed by atoms with van der Waals surface area (Å²) < 4.78 is 9.41. The van der Waals surface area contributed by atoms with Crippen molar-refractivity contribution in [1.29, 1.82) is 0 Å². The molecule has 0 atom stereocenters. The Hall–Kier alpha value is -2.47. The van der Waals surface area contributed by atoms with Crippen LogP contribution in [-0.4, -0.2) is 53.0 Å². The van der Waals surface area contributed by atoms with Gasteiger partial charge in [-0.15, -0.1) is 25.5 Å². The first kappa shape index (κ1) is 20.3. The highest BCUT2D eigenvalue weighted by Crippen LogP contribution is 2.30. The van der Waals surface area contributed by atoms with Crippen LogP contribution in [0.4, 0.5) is 5.13 Å². The van der Waals surface area contributed by atoms with Gasteiger partial charge in [-0.3, -0.25) is 14.8 Å². The molecule has 0 aromatic carbocycles. The van der Waals surface area contributed by atoms with Gasteiger partial charge in [0.05, 0.1) is 12.4 Å². The number of rotatable bonds is 9. The first-order valence-electron chi connectivity index (χ1n) is 8.92. The fraction of sp³-hybridized carbons (Fsp3) is 0.500. The van der Waals surface area contributed by atoms with Crippen LogP contribution >= 0.6 is 23.1 Å². The highest BCUT2D eigenvalue weighted by Gasteiger charge is 2.21. The van der Waals surface area contributed by atoms with E-state index in [4.69, 9.17) is 4.74 Å². The zero-order valence-electron chi connectivity index (χ0n) is 16.2. The predicted octanol–water partition coefficient (Wildman–Crippen LogP) is 2.47. The van der Waals surface area contributed by atoms with Crippen LogP contribution in [0.2, 0.25) is 0 Å². The topological polar surface area (TPSA) is 113 Å². The molecule has 3 aromatic rings. The fourth-order valence-electron chi connectivity index (χ4n) is 2.47. The van der Waals surface area contributed by atoms with Gasteiger partial charge < -0.3 is 9.30 Å². The largest absolute Gasteiger partial charge is 0.476 e. The van der Waals surface area contributed by atoms with E-state index in [9.17, 15) is 4.79 Å². The number of anilines is 1. The van der Waals surface area contributed by atoms with Gasteiger partial charge in [0.15, 0.2) is 11.0 Å². The van der Waals surface area contributed by atoms with Crippen LogP contribution < -0.4 is 10.1 Å². The van der Waals surface area contributed by atoms with Gasteiger partial charge >= 0.3 is 0 Å². The van der Waals surface area contributed by atoms with Crippen molar-refractivity contribution < 1.29 is 9.53 Å². The van der Waals surface area contributed by atoms with Crippen LogP contribution in [0.5, 0.6) is 5.88 Å². The lowest BCUT2D eigenvalue weighted by Crippen LogP contribution is -2.14. The Balaban J connectivity index is 1.75. The number of carbonyl (C=O) groups excluding carboxylic acids is 1. The Morgan fingerprint density at radius 3 is 2.68 bits per heavy atom. The lowest BCUT2D eigenvalue weighted by molar-refractivity contribution is -0.113. The first-order valence-corrected chi connectivity index (χ1v) is 10.7. The zero-order chi connectivity index (χ0) is 20.1. The maximum Gasteiger partial charge on any atom is 0.243 e. The highest BCUT2D eigenvalue weighted by atomic mass is 32.2. The lowest BCUT2D eigenvalue weighted by atomic mass is 10.3. The normalized spacial score (nSPS) is 11.0. The van der Waals surface area contributed by atoms with Crippen molar-refractivity contribution in [2.24, 2.45) is 0 Å². The second-order valence-electron chi connectivity index (χ2n) is 5.65. The standard InChI is InChI=1S/C16H22N8O2S2/c1-5-23-8-11(14(22-23)26-7-3)13-19-21-16(24(13)6-2)27-9-12(25)17-15-20-18-10(4)28-15/h8H,5-7,9H2,1-4H3,(H,17,20,25). The number of amides is 1. The van der Waals surface area contributed by atoms with Crippen LogP contribution in [-0.2, 0) is 17.9 Å². The third-order valence-corrected chi connectivity index (χ3v) is 5.43. The molecule has 0 saturated carbocycles. The van der Waals surface area contributed by atoms with Gasteiger partial charge in [0, 0.05) is 19.3 Å². The summed E-state index contributed by atoms with van der Waals surface area (Å²) in [6.45, 7) is 9.67. The number of nitrogens with one attached hydrogen (secondary N) is 1. The van der Waals surface area contributed by atoms with Crippen molar-refractivity contribution >= 4 is 34.1 Å². The number of aryl methyl sites for hydroxylation is 2. The summed E-state index contributed by atoms with van der Waals surface area (Å²) in [5.74, 6) is 1.24. The summed E-state index contributed by atoms with van der Waals surface area (Å²) in [6.07, 6.45) is 1.90. The molecule has 0 unspecified atom stereocenters. The Morgan fingerprint density at radius 1 is 1.21 bits per heavy atom. The maximum atomic E-state index is 12.2. The molecule has 150 valence electrons. The van der Waals surface area contributed by atoms with Gasteiger partial charge in [0.1, 0.15) is 10.6 Å². The fourth-order valence-corrected chi connectivity index (χ4v) is 3.88. The molecular formula is C16H22N8O2S2. The van der Waals surface area contributed by atoms with Crippen LogP contribution in [0.15, 0.2) is 11.4 Å². The molecule has 0 aliphatic heterocycles. The van der Waals surface area contributed by atoms with E-state index in [0.29, 0.717) is 35.1 Å². The number of hydrogen-bond donors (Lipinski definition) is 1. The van der Waals surface area contributed by atoms with Gasteiger partial charge in [-0.25, -0.2) is 0 Å². The predicted molar refractivity (Wildman–Crippen MR) is 108 cm³/mol. The van der Waals surface area contributed by atoms with Crippen molar-refractivity contribution in [1.82, 2.24) is 34.7 Å². The zero-order valence-corrected chi connectivity index (χ0v) is 17.8. The van der Waals surface area contributed by atoms with Crippen LogP contribution in [0.3, 0.4) is 0 Å². The van der Waals surface area contributed by atoms with Crippen molar-refractivity contribution in [3.63, 3.8) is 0 Å². The maximum absolute atomic E-state index is 12.2. The molecule has 3 aromatic heterocycles. The van der Waals surface area contributed by atoms with E-state index in [1.54, 1.807) is 4.68 Å². The average Bonchev–Trinajstić information content (AvgIpc) is 3.38. The summed E-state index contributed by atoms with van der Waals surface area (Å²) in [4.78, 5) is 12.2. The molecule has 0 aliphatic carbocycles. The number of hydrogen-bond acceptors (Lipinski definition) is 9. The molecule has 3 rings (SSSR count). The Labute approximate surface area is 170 Å². The van der Waals surface area contributed by atoms with Crippen molar-refractivity contribution in [3.05, 3.63) is 11.2 Å². The smallest absolute Gasteiger partial charge is 0.243 e. The van der Waals surface area contributed by atoms with Crippen LogP contribution in [0.25, 0.3) is 11.4 Å². The molecule has 0 fully saturated rings. The third-order valence-electron chi connectivity index (χ3n) is 3.71.